The van der Waals surface area contributed by atoms with Crippen LogP contribution in [0.4, 0.5) is 0 Å². The number of hydrogen-bond acceptors (Lipinski definition) is 2. The molecule has 2 aliphatic rings. The lowest BCUT2D eigenvalue weighted by atomic mass is 10.0. The Balaban J connectivity index is 0.000000720. The number of halogens is 1. The molecule has 0 aromatic carbocycles. The fourth-order valence-electron chi connectivity index (χ4n) is 2.19. The second-order valence-electron chi connectivity index (χ2n) is 3.42. The van der Waals surface area contributed by atoms with Crippen molar-refractivity contribution in [1.29, 1.82) is 5.26 Å². The molecule has 2 rings (SSSR count). The molecule has 0 aliphatic carbocycles. The largest absolute Gasteiger partial charge is 0.295 e. The maximum absolute atomic E-state index is 8.78. The van der Waals surface area contributed by atoms with E-state index in [0.29, 0.717) is 6.04 Å². The second kappa shape index (κ2) is 3.47. The number of hydrogen-bond donors (Lipinski definition) is 0. The molecular formula is C9H13ClN2. The highest BCUT2D eigenvalue weighted by Gasteiger charge is 2.35. The van der Waals surface area contributed by atoms with E-state index in [1.165, 1.54) is 12.8 Å². The van der Waals surface area contributed by atoms with Crippen LogP contribution in [0.15, 0.2) is 11.6 Å². The number of likely N-dealkylation sites (N-methyl/N-ethyl adjacent to an activating group) is 1. The molecule has 0 spiro atoms. The molecule has 0 N–H and O–H groups in total. The van der Waals surface area contributed by atoms with Crippen molar-refractivity contribution < 1.29 is 0 Å². The van der Waals surface area contributed by atoms with Gasteiger partial charge in [-0.05, 0) is 26.3 Å². The van der Waals surface area contributed by atoms with Crippen molar-refractivity contribution in [2.45, 2.75) is 31.3 Å². The van der Waals surface area contributed by atoms with Crippen LogP contribution in [0.1, 0.15) is 19.3 Å². The summed E-state index contributed by atoms with van der Waals surface area (Å²) in [5.74, 6) is 0. The van der Waals surface area contributed by atoms with Gasteiger partial charge in [-0.25, -0.2) is 0 Å². The topological polar surface area (TPSA) is 27.0 Å². The van der Waals surface area contributed by atoms with Crippen LogP contribution in [0.2, 0.25) is 0 Å². The molecule has 1 fully saturated rings. The van der Waals surface area contributed by atoms with Crippen LogP contribution in [0.3, 0.4) is 0 Å². The molecule has 1 saturated heterocycles. The lowest BCUT2D eigenvalue weighted by molar-refractivity contribution is 0.254. The molecule has 2 bridgehead atoms. The van der Waals surface area contributed by atoms with Gasteiger partial charge in [-0.3, -0.25) is 4.90 Å². The molecular weight excluding hydrogens is 172 g/mol. The first-order valence-electron chi connectivity index (χ1n) is 4.15. The Labute approximate surface area is 79.3 Å². The minimum absolute atomic E-state index is 0. The van der Waals surface area contributed by atoms with Gasteiger partial charge in [0.2, 0.25) is 0 Å². The van der Waals surface area contributed by atoms with E-state index in [0.717, 1.165) is 18.0 Å². The summed E-state index contributed by atoms with van der Waals surface area (Å²) in [6.07, 6.45) is 5.64. The minimum Gasteiger partial charge on any atom is -0.295 e. The summed E-state index contributed by atoms with van der Waals surface area (Å²) in [5, 5.41) is 8.78. The maximum Gasteiger partial charge on any atom is 0.0960 e. The van der Waals surface area contributed by atoms with Crippen LogP contribution in [-0.4, -0.2) is 24.0 Å². The third-order valence-corrected chi connectivity index (χ3v) is 2.94. The highest BCUT2D eigenvalue weighted by atomic mass is 35.5. The van der Waals surface area contributed by atoms with Gasteiger partial charge < -0.3 is 0 Å². The van der Waals surface area contributed by atoms with Gasteiger partial charge in [0.1, 0.15) is 0 Å². The van der Waals surface area contributed by atoms with Crippen molar-refractivity contribution in [3.63, 3.8) is 0 Å². The lowest BCUT2D eigenvalue weighted by Gasteiger charge is -2.28. The van der Waals surface area contributed by atoms with E-state index in [1.807, 2.05) is 0 Å². The number of rotatable bonds is 0. The van der Waals surface area contributed by atoms with Crippen molar-refractivity contribution in [3.05, 3.63) is 11.6 Å². The first kappa shape index (κ1) is 9.57. The third-order valence-electron chi connectivity index (χ3n) is 2.94. The van der Waals surface area contributed by atoms with E-state index in [2.05, 4.69) is 24.1 Å². The van der Waals surface area contributed by atoms with Crippen molar-refractivity contribution in [3.8, 4) is 6.07 Å². The highest BCUT2D eigenvalue weighted by Crippen LogP contribution is 2.33. The van der Waals surface area contributed by atoms with Crippen molar-refractivity contribution >= 4 is 12.4 Å². The highest BCUT2D eigenvalue weighted by molar-refractivity contribution is 5.85. The zero-order chi connectivity index (χ0) is 7.84. The average molecular weight is 185 g/mol. The van der Waals surface area contributed by atoms with Gasteiger partial charge in [0.15, 0.2) is 0 Å². The predicted molar refractivity (Wildman–Crippen MR) is 50.1 cm³/mol. The quantitative estimate of drug-likeness (QED) is 0.574. The first-order chi connectivity index (χ1) is 5.33. The number of fused-ring (bicyclic) bond motifs is 2. The van der Waals surface area contributed by atoms with Crippen LogP contribution in [-0.2, 0) is 0 Å². The Morgan fingerprint density at radius 2 is 2.33 bits per heavy atom. The Kier molecular flexibility index (Phi) is 2.76. The zero-order valence-corrected chi connectivity index (χ0v) is 7.97. The van der Waals surface area contributed by atoms with Gasteiger partial charge in [0, 0.05) is 17.7 Å². The molecule has 66 valence electrons. The molecule has 12 heavy (non-hydrogen) atoms. The van der Waals surface area contributed by atoms with Crippen LogP contribution in [0.25, 0.3) is 0 Å². The summed E-state index contributed by atoms with van der Waals surface area (Å²) in [5.41, 5.74) is 0.987. The molecule has 2 unspecified atom stereocenters. The SMILES string of the molecule is CN1C2CC=C(C#N)C1CC2.Cl. The van der Waals surface area contributed by atoms with Gasteiger partial charge in [-0.15, -0.1) is 12.4 Å². The number of nitrogens with zero attached hydrogens (tertiary/aromatic N) is 2. The molecule has 2 atom stereocenters. The molecule has 2 nitrogen and oxygen atoms in total. The predicted octanol–water partition coefficient (Wildman–Crippen LogP) is 1.72. The van der Waals surface area contributed by atoms with Gasteiger partial charge >= 0.3 is 0 Å². The van der Waals surface area contributed by atoms with E-state index < -0.39 is 0 Å². The van der Waals surface area contributed by atoms with Crippen LogP contribution in [0, 0.1) is 11.3 Å². The lowest BCUT2D eigenvalue weighted by Crippen LogP contribution is -2.35. The minimum atomic E-state index is 0. The summed E-state index contributed by atoms with van der Waals surface area (Å²) in [7, 11) is 2.13. The molecule has 0 amide bonds. The van der Waals surface area contributed by atoms with Crippen molar-refractivity contribution in [1.82, 2.24) is 4.90 Å². The Hall–Kier alpha value is -0.520. The third kappa shape index (κ3) is 1.24. The zero-order valence-electron chi connectivity index (χ0n) is 7.16. The molecule has 2 aliphatic heterocycles. The van der Waals surface area contributed by atoms with Gasteiger partial charge in [0.25, 0.3) is 0 Å². The van der Waals surface area contributed by atoms with Crippen LogP contribution >= 0.6 is 12.4 Å². The molecule has 0 radical (unpaired) electrons. The molecule has 0 saturated carbocycles. The second-order valence-corrected chi connectivity index (χ2v) is 3.42. The van der Waals surface area contributed by atoms with E-state index in [-0.39, 0.29) is 12.4 Å². The monoisotopic (exact) mass is 184 g/mol. The number of nitriles is 1. The standard InChI is InChI=1S/C9H12N2.ClH/c1-11-8-3-2-7(6-10)9(11)5-4-8;/h2,8-9H,3-5H2,1H3;1H. The van der Waals surface area contributed by atoms with E-state index in [1.54, 1.807) is 0 Å². The van der Waals surface area contributed by atoms with Crippen molar-refractivity contribution in [2.24, 2.45) is 0 Å². The van der Waals surface area contributed by atoms with E-state index in [4.69, 9.17) is 5.26 Å². The fraction of sp³-hybridized carbons (Fsp3) is 0.667. The summed E-state index contributed by atoms with van der Waals surface area (Å²) in [6, 6.07) is 3.44. The van der Waals surface area contributed by atoms with Crippen LogP contribution < -0.4 is 0 Å². The fourth-order valence-corrected chi connectivity index (χ4v) is 2.19. The Bertz CT molecular complexity index is 241. The smallest absolute Gasteiger partial charge is 0.0960 e. The Morgan fingerprint density at radius 3 is 3.00 bits per heavy atom. The Morgan fingerprint density at radius 1 is 1.58 bits per heavy atom. The molecule has 3 heteroatoms. The maximum atomic E-state index is 8.78. The summed E-state index contributed by atoms with van der Waals surface area (Å²) < 4.78 is 0. The summed E-state index contributed by atoms with van der Waals surface area (Å²) >= 11 is 0. The van der Waals surface area contributed by atoms with E-state index >= 15 is 0 Å². The molecule has 0 aromatic heterocycles. The molecule has 0 aromatic rings. The first-order valence-corrected chi connectivity index (χ1v) is 4.15. The summed E-state index contributed by atoms with van der Waals surface area (Å²) in [4.78, 5) is 2.35. The van der Waals surface area contributed by atoms with Gasteiger partial charge in [-0.2, -0.15) is 5.26 Å². The van der Waals surface area contributed by atoms with Gasteiger partial charge in [-0.1, -0.05) is 6.08 Å². The summed E-state index contributed by atoms with van der Waals surface area (Å²) in [6.45, 7) is 0. The van der Waals surface area contributed by atoms with E-state index in [9.17, 15) is 0 Å². The van der Waals surface area contributed by atoms with Gasteiger partial charge in [0.05, 0.1) is 6.07 Å². The average Bonchev–Trinajstić information content (AvgIpc) is 2.31. The molecule has 2 heterocycles. The normalized spacial score (nSPS) is 33.5. The van der Waals surface area contributed by atoms with Crippen molar-refractivity contribution in [2.75, 3.05) is 7.05 Å². The van der Waals surface area contributed by atoms with Crippen LogP contribution in [0.5, 0.6) is 0 Å².